The number of benzene rings is 1. The molecule has 0 heterocycles. The van der Waals surface area contributed by atoms with Gasteiger partial charge in [0.1, 0.15) is 0 Å². The fourth-order valence-corrected chi connectivity index (χ4v) is 3.47. The minimum Gasteiger partial charge on any atom is -0.376 e. The Morgan fingerprint density at radius 2 is 1.89 bits per heavy atom. The first-order chi connectivity index (χ1) is 9.13. The van der Waals surface area contributed by atoms with Crippen molar-refractivity contribution in [1.82, 2.24) is 5.32 Å². The van der Waals surface area contributed by atoms with Gasteiger partial charge in [-0.2, -0.15) is 0 Å². The zero-order valence-electron chi connectivity index (χ0n) is 12.7. The van der Waals surface area contributed by atoms with Crippen LogP contribution in [0, 0.1) is 12.8 Å². The van der Waals surface area contributed by atoms with E-state index in [1.807, 2.05) is 7.11 Å². The molecule has 0 bridgehead atoms. The van der Waals surface area contributed by atoms with Gasteiger partial charge in [0, 0.05) is 7.11 Å². The van der Waals surface area contributed by atoms with Crippen LogP contribution in [0.1, 0.15) is 49.8 Å². The number of ether oxygens (including phenoxy) is 1. The van der Waals surface area contributed by atoms with Gasteiger partial charge in [-0.3, -0.25) is 0 Å². The SMILES string of the molecule is CNC(c1ccccc1C)C1(OC)CCC(C)CC1. The van der Waals surface area contributed by atoms with E-state index in [0.717, 1.165) is 18.8 Å². The minimum absolute atomic E-state index is 0.0482. The Morgan fingerprint density at radius 3 is 2.42 bits per heavy atom. The summed E-state index contributed by atoms with van der Waals surface area (Å²) in [6.07, 6.45) is 4.81. The molecule has 1 atom stereocenters. The van der Waals surface area contributed by atoms with Crippen molar-refractivity contribution in [2.45, 2.75) is 51.2 Å². The average molecular weight is 261 g/mol. The van der Waals surface area contributed by atoms with Gasteiger partial charge < -0.3 is 10.1 Å². The van der Waals surface area contributed by atoms with E-state index in [4.69, 9.17) is 4.74 Å². The van der Waals surface area contributed by atoms with Crippen molar-refractivity contribution in [3.05, 3.63) is 35.4 Å². The Balaban J connectivity index is 2.32. The zero-order valence-corrected chi connectivity index (χ0v) is 12.7. The van der Waals surface area contributed by atoms with Gasteiger partial charge in [0.25, 0.3) is 0 Å². The molecule has 19 heavy (non-hydrogen) atoms. The first-order valence-corrected chi connectivity index (χ1v) is 7.41. The van der Waals surface area contributed by atoms with Crippen LogP contribution in [0.5, 0.6) is 0 Å². The summed E-state index contributed by atoms with van der Waals surface area (Å²) in [5, 5.41) is 3.51. The highest BCUT2D eigenvalue weighted by Crippen LogP contribution is 2.43. The fraction of sp³-hybridized carbons (Fsp3) is 0.647. The summed E-state index contributed by atoms with van der Waals surface area (Å²) in [5.74, 6) is 0.831. The second kappa shape index (κ2) is 6.06. The lowest BCUT2D eigenvalue weighted by Gasteiger charge is -2.44. The smallest absolute Gasteiger partial charge is 0.0872 e. The number of aryl methyl sites for hydroxylation is 1. The Kier molecular flexibility index (Phi) is 4.64. The number of nitrogens with one attached hydrogen (secondary N) is 1. The molecule has 2 nitrogen and oxygen atoms in total. The topological polar surface area (TPSA) is 21.3 Å². The van der Waals surface area contributed by atoms with Gasteiger partial charge in [-0.25, -0.2) is 0 Å². The van der Waals surface area contributed by atoms with Crippen LogP contribution >= 0.6 is 0 Å². The molecule has 0 radical (unpaired) electrons. The standard InChI is InChI=1S/C17H27NO/c1-13-9-11-17(19-4,12-10-13)16(18-3)15-8-6-5-7-14(15)2/h5-8,13,16,18H,9-12H2,1-4H3. The van der Waals surface area contributed by atoms with E-state index in [1.54, 1.807) is 0 Å². The van der Waals surface area contributed by atoms with Crippen molar-refractivity contribution in [2.24, 2.45) is 5.92 Å². The summed E-state index contributed by atoms with van der Waals surface area (Å²) in [6, 6.07) is 8.94. The lowest BCUT2D eigenvalue weighted by Crippen LogP contribution is -2.47. The van der Waals surface area contributed by atoms with Crippen LogP contribution in [0.15, 0.2) is 24.3 Å². The number of methoxy groups -OCH3 is 1. The third-order valence-electron chi connectivity index (χ3n) is 4.84. The molecule has 0 amide bonds. The molecule has 1 aromatic carbocycles. The van der Waals surface area contributed by atoms with Crippen molar-refractivity contribution in [2.75, 3.05) is 14.2 Å². The fourth-order valence-electron chi connectivity index (χ4n) is 3.47. The van der Waals surface area contributed by atoms with Gasteiger partial charge in [-0.15, -0.1) is 0 Å². The van der Waals surface area contributed by atoms with Crippen molar-refractivity contribution < 1.29 is 4.74 Å². The Labute approximate surface area is 117 Å². The van der Waals surface area contributed by atoms with Crippen molar-refractivity contribution in [1.29, 1.82) is 0 Å². The van der Waals surface area contributed by atoms with Crippen molar-refractivity contribution >= 4 is 0 Å². The molecule has 1 fully saturated rings. The monoisotopic (exact) mass is 261 g/mol. The van der Waals surface area contributed by atoms with E-state index in [2.05, 4.69) is 50.5 Å². The summed E-state index contributed by atoms with van der Waals surface area (Å²) in [5.41, 5.74) is 2.67. The van der Waals surface area contributed by atoms with Crippen molar-refractivity contribution in [3.8, 4) is 0 Å². The molecule has 1 N–H and O–H groups in total. The molecular weight excluding hydrogens is 234 g/mol. The number of hydrogen-bond donors (Lipinski definition) is 1. The Bertz CT molecular complexity index is 407. The predicted molar refractivity (Wildman–Crippen MR) is 80.4 cm³/mol. The maximum Gasteiger partial charge on any atom is 0.0872 e. The highest BCUT2D eigenvalue weighted by atomic mass is 16.5. The van der Waals surface area contributed by atoms with Gasteiger partial charge in [-0.05, 0) is 56.7 Å². The number of likely N-dealkylation sites (N-methyl/N-ethyl adjacent to an activating group) is 1. The molecule has 1 unspecified atom stereocenters. The van der Waals surface area contributed by atoms with E-state index >= 15 is 0 Å². The van der Waals surface area contributed by atoms with Gasteiger partial charge in [0.2, 0.25) is 0 Å². The highest BCUT2D eigenvalue weighted by Gasteiger charge is 2.41. The number of rotatable bonds is 4. The highest BCUT2D eigenvalue weighted by molar-refractivity contribution is 5.31. The molecule has 0 aromatic heterocycles. The maximum absolute atomic E-state index is 6.03. The van der Waals surface area contributed by atoms with Crippen LogP contribution in [0.25, 0.3) is 0 Å². The van der Waals surface area contributed by atoms with E-state index in [1.165, 1.54) is 24.0 Å². The lowest BCUT2D eigenvalue weighted by atomic mass is 9.73. The second-order valence-corrected chi connectivity index (χ2v) is 6.03. The van der Waals surface area contributed by atoms with Crippen LogP contribution in [0.2, 0.25) is 0 Å². The second-order valence-electron chi connectivity index (χ2n) is 6.03. The largest absolute Gasteiger partial charge is 0.376 e. The molecule has 2 heteroatoms. The van der Waals surface area contributed by atoms with Crippen LogP contribution in [-0.2, 0) is 4.74 Å². The molecular formula is C17H27NO. The summed E-state index contributed by atoms with van der Waals surface area (Å²) in [4.78, 5) is 0. The van der Waals surface area contributed by atoms with Gasteiger partial charge in [0.15, 0.2) is 0 Å². The molecule has 0 aliphatic heterocycles. The van der Waals surface area contributed by atoms with Crippen molar-refractivity contribution in [3.63, 3.8) is 0 Å². The van der Waals surface area contributed by atoms with Crippen LogP contribution in [0.3, 0.4) is 0 Å². The van der Waals surface area contributed by atoms with Gasteiger partial charge in [-0.1, -0.05) is 31.2 Å². The van der Waals surface area contributed by atoms with E-state index in [-0.39, 0.29) is 11.6 Å². The first-order valence-electron chi connectivity index (χ1n) is 7.41. The Morgan fingerprint density at radius 1 is 1.26 bits per heavy atom. The van der Waals surface area contributed by atoms with Gasteiger partial charge >= 0.3 is 0 Å². The molecule has 1 aliphatic rings. The molecule has 1 saturated carbocycles. The summed E-state index contributed by atoms with van der Waals surface area (Å²) in [6.45, 7) is 4.54. The molecule has 0 saturated heterocycles. The molecule has 1 aromatic rings. The molecule has 0 spiro atoms. The molecule has 106 valence electrons. The van der Waals surface area contributed by atoms with Gasteiger partial charge in [0.05, 0.1) is 11.6 Å². The third kappa shape index (κ3) is 2.85. The lowest BCUT2D eigenvalue weighted by molar-refractivity contribution is -0.0746. The van der Waals surface area contributed by atoms with Crippen LogP contribution in [-0.4, -0.2) is 19.8 Å². The quantitative estimate of drug-likeness (QED) is 0.889. The summed E-state index contributed by atoms with van der Waals surface area (Å²) in [7, 11) is 3.93. The van der Waals surface area contributed by atoms with Crippen LogP contribution in [0.4, 0.5) is 0 Å². The predicted octanol–water partition coefficient (Wildman–Crippen LogP) is 3.85. The zero-order chi connectivity index (χ0) is 13.9. The number of hydrogen-bond acceptors (Lipinski definition) is 2. The summed E-state index contributed by atoms with van der Waals surface area (Å²) >= 11 is 0. The minimum atomic E-state index is -0.0482. The summed E-state index contributed by atoms with van der Waals surface area (Å²) < 4.78 is 6.03. The normalized spacial score (nSPS) is 29.2. The van der Waals surface area contributed by atoms with E-state index in [0.29, 0.717) is 0 Å². The first kappa shape index (κ1) is 14.5. The Hall–Kier alpha value is -0.860. The average Bonchev–Trinajstić information content (AvgIpc) is 2.44. The van der Waals surface area contributed by atoms with E-state index < -0.39 is 0 Å². The van der Waals surface area contributed by atoms with Crippen LogP contribution < -0.4 is 5.32 Å². The van der Waals surface area contributed by atoms with E-state index in [9.17, 15) is 0 Å². The molecule has 1 aliphatic carbocycles. The third-order valence-corrected chi connectivity index (χ3v) is 4.84. The molecule has 2 rings (SSSR count). The maximum atomic E-state index is 6.03.